The van der Waals surface area contributed by atoms with E-state index in [1.165, 1.54) is 0 Å². The lowest BCUT2D eigenvalue weighted by Crippen LogP contribution is -2.51. The van der Waals surface area contributed by atoms with E-state index in [9.17, 15) is 14.7 Å². The average Bonchev–Trinajstić information content (AvgIpc) is 2.34. The van der Waals surface area contributed by atoms with Crippen LogP contribution >= 0.6 is 0 Å². The van der Waals surface area contributed by atoms with Gasteiger partial charge >= 0.3 is 12.0 Å². The van der Waals surface area contributed by atoms with Crippen molar-refractivity contribution in [2.75, 3.05) is 19.6 Å². The van der Waals surface area contributed by atoms with Gasteiger partial charge in [0.15, 0.2) is 0 Å². The molecule has 5 heteroatoms. The van der Waals surface area contributed by atoms with Crippen molar-refractivity contribution in [2.24, 2.45) is 11.3 Å². The Kier molecular flexibility index (Phi) is 5.63. The molecule has 19 heavy (non-hydrogen) atoms. The van der Waals surface area contributed by atoms with Gasteiger partial charge in [-0.1, -0.05) is 13.8 Å². The highest BCUT2D eigenvalue weighted by molar-refractivity contribution is 5.78. The topological polar surface area (TPSA) is 69.6 Å². The van der Waals surface area contributed by atoms with E-state index >= 15 is 0 Å². The summed E-state index contributed by atoms with van der Waals surface area (Å²) in [6, 6.07) is -0.129. The molecule has 110 valence electrons. The molecule has 0 aromatic heterocycles. The van der Waals surface area contributed by atoms with Gasteiger partial charge in [-0.2, -0.15) is 0 Å². The third-order valence-electron chi connectivity index (χ3n) is 3.73. The molecule has 1 unspecified atom stereocenters. The summed E-state index contributed by atoms with van der Waals surface area (Å²) in [5.41, 5.74) is -0.798. The van der Waals surface area contributed by atoms with Gasteiger partial charge in [-0.25, -0.2) is 4.79 Å². The first kappa shape index (κ1) is 15.8. The predicted molar refractivity (Wildman–Crippen MR) is 74.0 cm³/mol. The van der Waals surface area contributed by atoms with Crippen LogP contribution in [0.5, 0.6) is 0 Å². The number of rotatable bonds is 5. The summed E-state index contributed by atoms with van der Waals surface area (Å²) in [7, 11) is 0. The van der Waals surface area contributed by atoms with Crippen molar-refractivity contribution in [3.8, 4) is 0 Å². The maximum atomic E-state index is 12.0. The van der Waals surface area contributed by atoms with Gasteiger partial charge in [0.1, 0.15) is 0 Å². The van der Waals surface area contributed by atoms with Gasteiger partial charge in [0.2, 0.25) is 0 Å². The van der Waals surface area contributed by atoms with Crippen molar-refractivity contribution in [1.82, 2.24) is 10.2 Å². The Hall–Kier alpha value is -1.26. The number of hydrogen-bond acceptors (Lipinski definition) is 2. The van der Waals surface area contributed by atoms with Crippen molar-refractivity contribution in [3.05, 3.63) is 0 Å². The van der Waals surface area contributed by atoms with Crippen LogP contribution in [-0.2, 0) is 4.79 Å². The SMILES string of the molecule is CC(C)CCCNC(=O)N1CCCC(C)(C(=O)O)C1. The Bertz CT molecular complexity index is 331. The molecule has 1 atom stereocenters. The van der Waals surface area contributed by atoms with Gasteiger partial charge in [0.25, 0.3) is 0 Å². The number of carbonyl (C=O) groups excluding carboxylic acids is 1. The molecular formula is C14H26N2O3. The molecule has 2 N–H and O–H groups in total. The Labute approximate surface area is 115 Å². The van der Waals surface area contributed by atoms with Crippen LogP contribution in [0.2, 0.25) is 0 Å². The monoisotopic (exact) mass is 270 g/mol. The molecule has 1 heterocycles. The molecule has 5 nitrogen and oxygen atoms in total. The highest BCUT2D eigenvalue weighted by atomic mass is 16.4. The Morgan fingerprint density at radius 1 is 1.42 bits per heavy atom. The summed E-state index contributed by atoms with van der Waals surface area (Å²) in [4.78, 5) is 24.8. The van der Waals surface area contributed by atoms with E-state index in [1.807, 2.05) is 0 Å². The van der Waals surface area contributed by atoms with Gasteiger partial charge in [0.05, 0.1) is 5.41 Å². The van der Waals surface area contributed by atoms with E-state index in [0.29, 0.717) is 32.0 Å². The maximum absolute atomic E-state index is 12.0. The highest BCUT2D eigenvalue weighted by Crippen LogP contribution is 2.29. The summed E-state index contributed by atoms with van der Waals surface area (Å²) in [6.07, 6.45) is 3.45. The Morgan fingerprint density at radius 2 is 2.11 bits per heavy atom. The molecule has 0 aromatic carbocycles. The van der Waals surface area contributed by atoms with Gasteiger partial charge in [-0.05, 0) is 38.5 Å². The summed E-state index contributed by atoms with van der Waals surface area (Å²) < 4.78 is 0. The molecule has 0 spiro atoms. The van der Waals surface area contributed by atoms with Crippen LogP contribution in [0.1, 0.15) is 46.5 Å². The fraction of sp³-hybridized carbons (Fsp3) is 0.857. The first-order valence-corrected chi connectivity index (χ1v) is 7.11. The lowest BCUT2D eigenvalue weighted by Gasteiger charge is -2.37. The highest BCUT2D eigenvalue weighted by Gasteiger charge is 2.39. The van der Waals surface area contributed by atoms with Crippen molar-refractivity contribution in [2.45, 2.75) is 46.5 Å². The fourth-order valence-corrected chi connectivity index (χ4v) is 2.40. The van der Waals surface area contributed by atoms with E-state index in [-0.39, 0.29) is 6.03 Å². The number of piperidine rings is 1. The standard InChI is InChI=1S/C14H26N2O3/c1-11(2)6-4-8-15-13(19)16-9-5-7-14(3,10-16)12(17)18/h11H,4-10H2,1-3H3,(H,15,19)(H,17,18). The van der Waals surface area contributed by atoms with Gasteiger partial charge in [0, 0.05) is 19.6 Å². The van der Waals surface area contributed by atoms with Gasteiger partial charge in [-0.15, -0.1) is 0 Å². The van der Waals surface area contributed by atoms with Crippen LogP contribution in [-0.4, -0.2) is 41.6 Å². The second-order valence-electron chi connectivity index (χ2n) is 6.16. The Morgan fingerprint density at radius 3 is 2.68 bits per heavy atom. The largest absolute Gasteiger partial charge is 0.481 e. The summed E-state index contributed by atoms with van der Waals surface area (Å²) in [5, 5.41) is 12.1. The fourth-order valence-electron chi connectivity index (χ4n) is 2.40. The summed E-state index contributed by atoms with van der Waals surface area (Å²) in [6.45, 7) is 7.65. The first-order valence-electron chi connectivity index (χ1n) is 7.11. The summed E-state index contributed by atoms with van der Waals surface area (Å²) >= 11 is 0. The third-order valence-corrected chi connectivity index (χ3v) is 3.73. The minimum absolute atomic E-state index is 0.129. The lowest BCUT2D eigenvalue weighted by atomic mass is 9.82. The molecule has 1 aliphatic heterocycles. The lowest BCUT2D eigenvalue weighted by molar-refractivity contribution is -0.150. The van der Waals surface area contributed by atoms with Crippen LogP contribution in [0, 0.1) is 11.3 Å². The van der Waals surface area contributed by atoms with Crippen LogP contribution in [0.15, 0.2) is 0 Å². The number of urea groups is 1. The molecule has 0 aromatic rings. The smallest absolute Gasteiger partial charge is 0.317 e. The Balaban J connectivity index is 2.38. The van der Waals surface area contributed by atoms with Crippen LogP contribution < -0.4 is 5.32 Å². The number of nitrogens with zero attached hydrogens (tertiary/aromatic N) is 1. The van der Waals surface area contributed by atoms with Gasteiger partial charge in [-0.3, -0.25) is 4.79 Å². The van der Waals surface area contributed by atoms with E-state index in [1.54, 1.807) is 11.8 Å². The van der Waals surface area contributed by atoms with E-state index < -0.39 is 11.4 Å². The zero-order valence-corrected chi connectivity index (χ0v) is 12.2. The van der Waals surface area contributed by atoms with Crippen molar-refractivity contribution < 1.29 is 14.7 Å². The number of likely N-dealkylation sites (tertiary alicyclic amines) is 1. The van der Waals surface area contributed by atoms with Crippen LogP contribution in [0.25, 0.3) is 0 Å². The molecule has 0 aliphatic carbocycles. The molecule has 0 saturated carbocycles. The minimum atomic E-state index is -0.815. The predicted octanol–water partition coefficient (Wildman–Crippen LogP) is 2.32. The van der Waals surface area contributed by atoms with Crippen molar-refractivity contribution in [3.63, 3.8) is 0 Å². The zero-order valence-electron chi connectivity index (χ0n) is 12.2. The normalized spacial score (nSPS) is 23.5. The minimum Gasteiger partial charge on any atom is -0.481 e. The summed E-state index contributed by atoms with van der Waals surface area (Å²) in [5.74, 6) is -0.174. The number of aliphatic carboxylic acids is 1. The second-order valence-corrected chi connectivity index (χ2v) is 6.16. The molecule has 0 radical (unpaired) electrons. The second kappa shape index (κ2) is 6.78. The molecule has 2 amide bonds. The van der Waals surface area contributed by atoms with E-state index in [2.05, 4.69) is 19.2 Å². The average molecular weight is 270 g/mol. The molecule has 0 bridgehead atoms. The van der Waals surface area contributed by atoms with Crippen molar-refractivity contribution in [1.29, 1.82) is 0 Å². The number of carboxylic acid groups (broad SMARTS) is 1. The molecule has 1 fully saturated rings. The first-order chi connectivity index (χ1) is 8.85. The number of hydrogen-bond donors (Lipinski definition) is 2. The van der Waals surface area contributed by atoms with Crippen LogP contribution in [0.4, 0.5) is 4.79 Å². The molecule has 1 rings (SSSR count). The van der Waals surface area contributed by atoms with Crippen molar-refractivity contribution >= 4 is 12.0 Å². The quantitative estimate of drug-likeness (QED) is 0.753. The molecular weight excluding hydrogens is 244 g/mol. The molecule has 1 saturated heterocycles. The number of nitrogens with one attached hydrogen (secondary N) is 1. The maximum Gasteiger partial charge on any atom is 0.317 e. The van der Waals surface area contributed by atoms with Crippen LogP contribution in [0.3, 0.4) is 0 Å². The zero-order chi connectivity index (χ0) is 14.5. The number of amides is 2. The van der Waals surface area contributed by atoms with E-state index in [4.69, 9.17) is 0 Å². The number of carboxylic acids is 1. The molecule has 1 aliphatic rings. The van der Waals surface area contributed by atoms with E-state index in [0.717, 1.165) is 19.3 Å². The third kappa shape index (κ3) is 4.73. The van der Waals surface area contributed by atoms with Gasteiger partial charge < -0.3 is 15.3 Å². The number of carbonyl (C=O) groups is 2.